The van der Waals surface area contributed by atoms with Gasteiger partial charge in [-0.15, -0.1) is 0 Å². The summed E-state index contributed by atoms with van der Waals surface area (Å²) in [5.41, 5.74) is 3.97. The Bertz CT molecular complexity index is 838. The number of nitrogens with zero attached hydrogens (tertiary/aromatic N) is 3. The van der Waals surface area contributed by atoms with Crippen LogP contribution in [0.3, 0.4) is 0 Å². The number of amides is 1. The molecule has 22 heavy (non-hydrogen) atoms. The van der Waals surface area contributed by atoms with Gasteiger partial charge in [0, 0.05) is 35.5 Å². The second-order valence-corrected chi connectivity index (χ2v) is 6.61. The topological polar surface area (TPSA) is 37.6 Å². The van der Waals surface area contributed by atoms with E-state index in [-0.39, 0.29) is 5.91 Å². The maximum Gasteiger partial charge on any atom is 0.255 e. The maximum atomic E-state index is 12.5. The van der Waals surface area contributed by atoms with E-state index in [1.165, 1.54) is 0 Å². The normalized spacial score (nSPS) is 13.9. The quantitative estimate of drug-likeness (QED) is 0.631. The van der Waals surface area contributed by atoms with Crippen molar-refractivity contribution in [3.05, 3.63) is 69.2 Å². The molecule has 0 aliphatic carbocycles. The highest BCUT2D eigenvalue weighted by Crippen LogP contribution is 2.27. The van der Waals surface area contributed by atoms with Gasteiger partial charge in [0.05, 0.1) is 11.3 Å². The van der Waals surface area contributed by atoms with Crippen molar-refractivity contribution >= 4 is 34.1 Å². The van der Waals surface area contributed by atoms with E-state index < -0.39 is 0 Å². The van der Waals surface area contributed by atoms with Crippen molar-refractivity contribution in [1.82, 2.24) is 14.3 Å². The lowest BCUT2D eigenvalue weighted by Crippen LogP contribution is -2.26. The third kappa shape index (κ3) is 2.29. The lowest BCUT2D eigenvalue weighted by molar-refractivity contribution is 0.0779. The molecule has 2 aromatic heterocycles. The number of imidazole rings is 1. The molecule has 0 N–H and O–H groups in total. The Labute approximate surface area is 141 Å². The molecule has 4 rings (SSSR count). The van der Waals surface area contributed by atoms with Crippen molar-refractivity contribution in [2.45, 2.75) is 13.0 Å². The molecular formula is C17H14IN3O. The number of rotatable bonds is 3. The van der Waals surface area contributed by atoms with Crippen molar-refractivity contribution in [3.63, 3.8) is 0 Å². The monoisotopic (exact) mass is 403 g/mol. The highest BCUT2D eigenvalue weighted by atomic mass is 127. The van der Waals surface area contributed by atoms with Crippen LogP contribution < -0.4 is 0 Å². The molecule has 0 radical (unpaired) electrons. The first kappa shape index (κ1) is 13.8. The maximum absolute atomic E-state index is 12.5. The lowest BCUT2D eigenvalue weighted by atomic mass is 10.1. The van der Waals surface area contributed by atoms with Gasteiger partial charge in [-0.25, -0.2) is 4.98 Å². The third-order valence-corrected chi connectivity index (χ3v) is 4.91. The largest absolute Gasteiger partial charge is 0.334 e. The van der Waals surface area contributed by atoms with Gasteiger partial charge in [0.25, 0.3) is 5.91 Å². The van der Waals surface area contributed by atoms with Crippen LogP contribution >= 0.6 is 22.6 Å². The molecule has 0 spiro atoms. The molecule has 0 unspecified atom stereocenters. The number of hydrogen-bond acceptors (Lipinski definition) is 2. The van der Waals surface area contributed by atoms with Crippen molar-refractivity contribution in [3.8, 4) is 0 Å². The van der Waals surface area contributed by atoms with Gasteiger partial charge in [0.1, 0.15) is 5.65 Å². The van der Waals surface area contributed by atoms with E-state index in [2.05, 4.69) is 27.6 Å². The molecule has 0 atom stereocenters. The average molecular weight is 403 g/mol. The predicted octanol–water partition coefficient (Wildman–Crippen LogP) is 3.14. The molecule has 110 valence electrons. The van der Waals surface area contributed by atoms with Gasteiger partial charge in [0.15, 0.2) is 0 Å². The zero-order chi connectivity index (χ0) is 15.1. The van der Waals surface area contributed by atoms with E-state index in [1.54, 1.807) is 0 Å². The van der Waals surface area contributed by atoms with Gasteiger partial charge in [-0.3, -0.25) is 4.79 Å². The summed E-state index contributed by atoms with van der Waals surface area (Å²) in [6.45, 7) is 1.41. The van der Waals surface area contributed by atoms with E-state index in [1.807, 2.05) is 58.1 Å². The second-order valence-electron chi connectivity index (χ2n) is 5.45. The summed E-state index contributed by atoms with van der Waals surface area (Å²) < 4.78 is 3.05. The van der Waals surface area contributed by atoms with Crippen LogP contribution in [-0.4, -0.2) is 26.7 Å². The highest BCUT2D eigenvalue weighted by molar-refractivity contribution is 14.1. The molecule has 0 saturated heterocycles. The number of benzene rings is 1. The predicted molar refractivity (Wildman–Crippen MR) is 92.8 cm³/mol. The first-order valence-electron chi connectivity index (χ1n) is 7.21. The number of hydrogen-bond donors (Lipinski definition) is 0. The van der Waals surface area contributed by atoms with Gasteiger partial charge in [-0.2, -0.15) is 0 Å². The standard InChI is InChI=1S/C17H14IN3O/c18-14-5-3-4-12-10-21(17(22)16(12)14)9-7-13-11-20-8-2-1-6-15(20)19-13/h1-6,8,11H,7,9-10H2. The Balaban J connectivity index is 1.51. The van der Waals surface area contributed by atoms with Crippen LogP contribution in [0.2, 0.25) is 0 Å². The number of aromatic nitrogens is 2. The molecule has 4 nitrogen and oxygen atoms in total. The minimum atomic E-state index is 0.142. The van der Waals surface area contributed by atoms with Crippen molar-refractivity contribution < 1.29 is 4.79 Å². The van der Waals surface area contributed by atoms with Crippen LogP contribution in [0, 0.1) is 3.57 Å². The van der Waals surface area contributed by atoms with Gasteiger partial charge < -0.3 is 9.30 Å². The fraction of sp³-hybridized carbons (Fsp3) is 0.176. The first-order chi connectivity index (χ1) is 10.7. The van der Waals surface area contributed by atoms with Crippen molar-refractivity contribution in [2.24, 2.45) is 0 Å². The highest BCUT2D eigenvalue weighted by Gasteiger charge is 2.28. The Morgan fingerprint density at radius 3 is 2.91 bits per heavy atom. The summed E-state index contributed by atoms with van der Waals surface area (Å²) >= 11 is 2.24. The van der Waals surface area contributed by atoms with E-state index in [9.17, 15) is 4.79 Å². The SMILES string of the molecule is O=C1c2c(I)cccc2CN1CCc1cn2ccccc2n1. The Morgan fingerprint density at radius 2 is 2.09 bits per heavy atom. The number of carbonyl (C=O) groups excluding carboxylic acids is 1. The molecule has 0 bridgehead atoms. The summed E-state index contributed by atoms with van der Waals surface area (Å²) in [6, 6.07) is 12.0. The van der Waals surface area contributed by atoms with Gasteiger partial charge >= 0.3 is 0 Å². The molecule has 1 amide bonds. The van der Waals surface area contributed by atoms with Crippen LogP contribution in [-0.2, 0) is 13.0 Å². The summed E-state index contributed by atoms with van der Waals surface area (Å²) in [7, 11) is 0. The Hall–Kier alpha value is -1.89. The summed E-state index contributed by atoms with van der Waals surface area (Å²) in [5, 5.41) is 0. The molecule has 0 fully saturated rings. The van der Waals surface area contributed by atoms with E-state index >= 15 is 0 Å². The zero-order valence-corrected chi connectivity index (χ0v) is 14.0. The van der Waals surface area contributed by atoms with Crippen LogP contribution in [0.1, 0.15) is 21.6 Å². The number of fused-ring (bicyclic) bond motifs is 2. The van der Waals surface area contributed by atoms with Crippen molar-refractivity contribution in [2.75, 3.05) is 6.54 Å². The number of carbonyl (C=O) groups is 1. The third-order valence-electron chi connectivity index (χ3n) is 4.01. The molecule has 0 saturated carbocycles. The minimum absolute atomic E-state index is 0.142. The van der Waals surface area contributed by atoms with Gasteiger partial charge in [-0.1, -0.05) is 18.2 Å². The summed E-state index contributed by atoms with van der Waals surface area (Å²) in [5.74, 6) is 0.142. The first-order valence-corrected chi connectivity index (χ1v) is 8.29. The molecule has 3 aromatic rings. The fourth-order valence-corrected chi connectivity index (χ4v) is 3.70. The summed E-state index contributed by atoms with van der Waals surface area (Å²) in [6.07, 6.45) is 4.80. The Kier molecular flexibility index (Phi) is 3.37. The molecule has 1 aliphatic rings. The average Bonchev–Trinajstić information content (AvgIpc) is 3.07. The van der Waals surface area contributed by atoms with Crippen LogP contribution in [0.5, 0.6) is 0 Å². The molecule has 3 heterocycles. The fourth-order valence-electron chi connectivity index (χ4n) is 2.91. The van der Waals surface area contributed by atoms with Crippen LogP contribution in [0.25, 0.3) is 5.65 Å². The van der Waals surface area contributed by atoms with Gasteiger partial charge in [0.2, 0.25) is 0 Å². The van der Waals surface area contributed by atoms with Crippen molar-refractivity contribution in [1.29, 1.82) is 0 Å². The lowest BCUT2D eigenvalue weighted by Gasteiger charge is -2.14. The van der Waals surface area contributed by atoms with E-state index in [4.69, 9.17) is 0 Å². The molecular weight excluding hydrogens is 389 g/mol. The van der Waals surface area contributed by atoms with Gasteiger partial charge in [-0.05, 0) is 46.4 Å². The van der Waals surface area contributed by atoms with Crippen LogP contribution in [0.4, 0.5) is 0 Å². The van der Waals surface area contributed by atoms with E-state index in [0.717, 1.165) is 32.5 Å². The van der Waals surface area contributed by atoms with Crippen LogP contribution in [0.15, 0.2) is 48.8 Å². The zero-order valence-electron chi connectivity index (χ0n) is 11.9. The molecule has 5 heteroatoms. The number of halogens is 1. The molecule has 1 aliphatic heterocycles. The molecule has 1 aromatic carbocycles. The Morgan fingerprint density at radius 1 is 1.18 bits per heavy atom. The smallest absolute Gasteiger partial charge is 0.255 e. The second kappa shape index (κ2) is 5.39. The minimum Gasteiger partial charge on any atom is -0.334 e. The summed E-state index contributed by atoms with van der Waals surface area (Å²) in [4.78, 5) is 19.0. The number of pyridine rings is 1. The van der Waals surface area contributed by atoms with E-state index in [0.29, 0.717) is 13.1 Å².